The highest BCUT2D eigenvalue weighted by Crippen LogP contribution is 2.38. The van der Waals surface area contributed by atoms with E-state index in [1.165, 1.54) is 11.8 Å². The van der Waals surface area contributed by atoms with Gasteiger partial charge in [0.15, 0.2) is 4.32 Å². The van der Waals surface area contributed by atoms with Crippen LogP contribution in [0.15, 0.2) is 77.8 Å². The lowest BCUT2D eigenvalue weighted by molar-refractivity contribution is -0.113. The molecule has 0 atom stereocenters. The number of hydrogen-bond acceptors (Lipinski definition) is 3. The molecular formula is C26H18Cl2N2OS2. The summed E-state index contributed by atoms with van der Waals surface area (Å²) in [6.45, 7) is 2.50. The minimum atomic E-state index is -0.106. The topological polar surface area (TPSA) is 25.2 Å². The van der Waals surface area contributed by atoms with Crippen molar-refractivity contribution in [2.75, 3.05) is 4.90 Å². The molecule has 1 aromatic heterocycles. The first-order valence-electron chi connectivity index (χ1n) is 10.3. The van der Waals surface area contributed by atoms with Gasteiger partial charge in [0, 0.05) is 38.3 Å². The van der Waals surface area contributed by atoms with Gasteiger partial charge in [-0.2, -0.15) is 0 Å². The number of fused-ring (bicyclic) bond motifs is 1. The van der Waals surface area contributed by atoms with Gasteiger partial charge in [-0.15, -0.1) is 0 Å². The van der Waals surface area contributed by atoms with Crippen molar-refractivity contribution in [1.29, 1.82) is 0 Å². The monoisotopic (exact) mass is 508 g/mol. The molecule has 0 aliphatic carbocycles. The molecule has 0 unspecified atom stereocenters. The average Bonchev–Trinajstić information content (AvgIpc) is 3.28. The molecular weight excluding hydrogens is 491 g/mol. The van der Waals surface area contributed by atoms with Crippen molar-refractivity contribution in [3.63, 3.8) is 0 Å². The molecule has 1 saturated heterocycles. The van der Waals surface area contributed by atoms with Gasteiger partial charge in [0.1, 0.15) is 0 Å². The van der Waals surface area contributed by atoms with E-state index in [0.29, 0.717) is 25.8 Å². The van der Waals surface area contributed by atoms with Crippen molar-refractivity contribution >= 4 is 80.1 Å². The van der Waals surface area contributed by atoms with Crippen molar-refractivity contribution in [2.45, 2.75) is 13.5 Å². The van der Waals surface area contributed by atoms with E-state index in [1.54, 1.807) is 4.90 Å². The third-order valence-electron chi connectivity index (χ3n) is 5.65. The number of hydrogen-bond donors (Lipinski definition) is 0. The second kappa shape index (κ2) is 8.99. The van der Waals surface area contributed by atoms with Crippen LogP contribution in [0.25, 0.3) is 17.0 Å². The zero-order valence-electron chi connectivity index (χ0n) is 17.6. The molecule has 1 aliphatic heterocycles. The van der Waals surface area contributed by atoms with Gasteiger partial charge in [-0.05, 0) is 42.8 Å². The summed E-state index contributed by atoms with van der Waals surface area (Å²) >= 11 is 19.7. The first-order valence-corrected chi connectivity index (χ1v) is 12.3. The molecule has 5 rings (SSSR count). The average molecular weight is 509 g/mol. The van der Waals surface area contributed by atoms with Gasteiger partial charge in [-0.25, -0.2) is 0 Å². The SMILES string of the molecule is Cc1ccccc1N1C(=O)/C(=C/c2cn(Cc3c(Cl)cccc3Cl)c3ccccc23)SC1=S. The predicted octanol–water partition coefficient (Wildman–Crippen LogP) is 7.71. The van der Waals surface area contributed by atoms with Crippen molar-refractivity contribution in [3.05, 3.63) is 105 Å². The van der Waals surface area contributed by atoms with Crippen LogP contribution in [-0.4, -0.2) is 14.8 Å². The molecule has 0 N–H and O–H groups in total. The summed E-state index contributed by atoms with van der Waals surface area (Å²) in [6.07, 6.45) is 3.95. The Balaban J connectivity index is 1.56. The molecule has 0 spiro atoms. The van der Waals surface area contributed by atoms with E-state index in [0.717, 1.165) is 33.3 Å². The van der Waals surface area contributed by atoms with Crippen LogP contribution in [0.2, 0.25) is 10.0 Å². The molecule has 0 bridgehead atoms. The Hall–Kier alpha value is -2.57. The summed E-state index contributed by atoms with van der Waals surface area (Å²) < 4.78 is 2.64. The number of halogens is 2. The molecule has 3 nitrogen and oxygen atoms in total. The van der Waals surface area contributed by atoms with E-state index in [1.807, 2.05) is 79.9 Å². The van der Waals surface area contributed by atoms with Crippen LogP contribution in [0.1, 0.15) is 16.7 Å². The first-order chi connectivity index (χ1) is 15.9. The van der Waals surface area contributed by atoms with Crippen LogP contribution < -0.4 is 4.90 Å². The van der Waals surface area contributed by atoms with E-state index in [2.05, 4.69) is 10.6 Å². The third-order valence-corrected chi connectivity index (χ3v) is 7.66. The molecule has 33 heavy (non-hydrogen) atoms. The zero-order valence-corrected chi connectivity index (χ0v) is 20.7. The maximum Gasteiger partial charge on any atom is 0.270 e. The lowest BCUT2D eigenvalue weighted by Gasteiger charge is -2.16. The van der Waals surface area contributed by atoms with Crippen LogP contribution in [0.4, 0.5) is 5.69 Å². The molecule has 3 aromatic carbocycles. The maximum atomic E-state index is 13.3. The van der Waals surface area contributed by atoms with Crippen molar-refractivity contribution in [3.8, 4) is 0 Å². The van der Waals surface area contributed by atoms with E-state index in [4.69, 9.17) is 35.4 Å². The van der Waals surface area contributed by atoms with Gasteiger partial charge < -0.3 is 4.57 Å². The number of carbonyl (C=O) groups excluding carboxylic acids is 1. The number of carbonyl (C=O) groups is 1. The smallest absolute Gasteiger partial charge is 0.270 e. The standard InChI is InChI=1S/C26H18Cl2N2OS2/c1-16-7-2-4-11-22(16)30-25(31)24(33-26(30)32)13-17-14-29(23-12-5-3-8-18(17)23)15-19-20(27)9-6-10-21(19)28/h2-14H,15H2,1H3/b24-13-. The molecule has 0 saturated carbocycles. The Kier molecular flexibility index (Phi) is 6.06. The van der Waals surface area contributed by atoms with E-state index >= 15 is 0 Å². The van der Waals surface area contributed by atoms with Gasteiger partial charge in [0.05, 0.1) is 17.1 Å². The van der Waals surface area contributed by atoms with Crippen LogP contribution in [0.3, 0.4) is 0 Å². The van der Waals surface area contributed by atoms with Crippen LogP contribution in [0.5, 0.6) is 0 Å². The predicted molar refractivity (Wildman–Crippen MR) is 144 cm³/mol. The Bertz CT molecular complexity index is 1440. The van der Waals surface area contributed by atoms with Gasteiger partial charge in [0.2, 0.25) is 0 Å². The van der Waals surface area contributed by atoms with Crippen molar-refractivity contribution in [2.24, 2.45) is 0 Å². The quantitative estimate of drug-likeness (QED) is 0.208. The highest BCUT2D eigenvalue weighted by atomic mass is 35.5. The summed E-state index contributed by atoms with van der Waals surface area (Å²) in [4.78, 5) is 15.5. The van der Waals surface area contributed by atoms with Crippen LogP contribution in [0, 0.1) is 6.92 Å². The number of aromatic nitrogens is 1. The van der Waals surface area contributed by atoms with E-state index < -0.39 is 0 Å². The zero-order chi connectivity index (χ0) is 23.1. The van der Waals surface area contributed by atoms with Crippen molar-refractivity contribution in [1.82, 2.24) is 4.57 Å². The Morgan fingerprint density at radius 3 is 2.42 bits per heavy atom. The Labute approximate surface area is 211 Å². The first kappa shape index (κ1) is 22.2. The summed E-state index contributed by atoms with van der Waals surface area (Å²) in [5.74, 6) is -0.106. The molecule has 1 amide bonds. The van der Waals surface area contributed by atoms with Gasteiger partial charge in [0.25, 0.3) is 5.91 Å². The second-order valence-corrected chi connectivity index (χ2v) is 10.2. The summed E-state index contributed by atoms with van der Waals surface area (Å²) in [5, 5.41) is 2.30. The molecule has 1 fully saturated rings. The molecule has 2 heterocycles. The number of anilines is 1. The lowest BCUT2D eigenvalue weighted by atomic mass is 10.1. The minimum Gasteiger partial charge on any atom is -0.342 e. The summed E-state index contributed by atoms with van der Waals surface area (Å²) in [7, 11) is 0. The minimum absolute atomic E-state index is 0.106. The van der Waals surface area contributed by atoms with E-state index in [9.17, 15) is 4.79 Å². The van der Waals surface area contributed by atoms with Gasteiger partial charge in [-0.3, -0.25) is 9.69 Å². The van der Waals surface area contributed by atoms with Gasteiger partial charge in [-0.1, -0.05) is 89.6 Å². The number of amides is 1. The number of thiocarbonyl (C=S) groups is 1. The number of aryl methyl sites for hydroxylation is 1. The lowest BCUT2D eigenvalue weighted by Crippen LogP contribution is -2.28. The Morgan fingerprint density at radius 2 is 1.67 bits per heavy atom. The summed E-state index contributed by atoms with van der Waals surface area (Å²) in [5.41, 5.74) is 4.66. The second-order valence-electron chi connectivity index (χ2n) is 7.73. The highest BCUT2D eigenvalue weighted by Gasteiger charge is 2.34. The maximum absolute atomic E-state index is 13.3. The molecule has 0 radical (unpaired) electrons. The number of rotatable bonds is 4. The third kappa shape index (κ3) is 4.11. The number of para-hydroxylation sites is 2. The molecule has 4 aromatic rings. The molecule has 1 aliphatic rings. The number of thioether (sulfide) groups is 1. The largest absolute Gasteiger partial charge is 0.342 e. The highest BCUT2D eigenvalue weighted by molar-refractivity contribution is 8.27. The molecule has 164 valence electrons. The van der Waals surface area contributed by atoms with Gasteiger partial charge >= 0.3 is 0 Å². The fourth-order valence-corrected chi connectivity index (χ4v) is 5.80. The molecule has 7 heteroatoms. The van der Waals surface area contributed by atoms with Crippen molar-refractivity contribution < 1.29 is 4.79 Å². The fourth-order valence-electron chi connectivity index (χ4n) is 4.01. The number of nitrogens with zero attached hydrogens (tertiary/aromatic N) is 2. The normalized spacial score (nSPS) is 15.2. The Morgan fingerprint density at radius 1 is 0.970 bits per heavy atom. The van der Waals surface area contributed by atoms with Crippen LogP contribution >= 0.6 is 47.2 Å². The van der Waals surface area contributed by atoms with Crippen LogP contribution in [-0.2, 0) is 11.3 Å². The fraction of sp³-hybridized carbons (Fsp3) is 0.0769. The van der Waals surface area contributed by atoms with E-state index in [-0.39, 0.29) is 5.91 Å². The number of benzene rings is 3. The summed E-state index contributed by atoms with van der Waals surface area (Å²) in [6, 6.07) is 21.4.